The van der Waals surface area contributed by atoms with E-state index in [1.165, 1.54) is 7.05 Å². The zero-order chi connectivity index (χ0) is 20.8. The normalized spacial score (nSPS) is 21.9. The van der Waals surface area contributed by atoms with Crippen LogP contribution in [0.5, 0.6) is 0 Å². The molecular weight excluding hydrogens is 387 g/mol. The molecule has 11 heteroatoms. The molecule has 0 radical (unpaired) electrons. The van der Waals surface area contributed by atoms with Gasteiger partial charge in [0.1, 0.15) is 0 Å². The number of alkyl halides is 3. The molecule has 27 heavy (non-hydrogen) atoms. The molecule has 0 spiro atoms. The highest BCUT2D eigenvalue weighted by Crippen LogP contribution is 2.33. The number of hydrogen-bond acceptors (Lipinski definition) is 5. The topological polar surface area (TPSA) is 92.5 Å². The first-order valence-electron chi connectivity index (χ1n) is 8.42. The molecule has 0 aliphatic carbocycles. The standard InChI is InChI=1S/C16H24F3N3O4S/c1-10-13(8-21(4)14(23)7-15(3,24)16(17,18)19)11(2)22(20-10)12-5-6-27(25,26)9-12/h12,24H,5-9H2,1-4H3/t12-,15-/m1/s1. The maximum absolute atomic E-state index is 12.8. The summed E-state index contributed by atoms with van der Waals surface area (Å²) >= 11 is 0. The lowest BCUT2D eigenvalue weighted by molar-refractivity contribution is -0.254. The van der Waals surface area contributed by atoms with E-state index in [0.29, 0.717) is 30.3 Å². The van der Waals surface area contributed by atoms with Crippen molar-refractivity contribution in [2.24, 2.45) is 0 Å². The zero-order valence-electron chi connectivity index (χ0n) is 15.7. The van der Waals surface area contributed by atoms with E-state index in [1.54, 1.807) is 18.5 Å². The molecule has 1 aromatic rings. The van der Waals surface area contributed by atoms with Crippen molar-refractivity contribution in [3.63, 3.8) is 0 Å². The Balaban J connectivity index is 2.15. The molecule has 0 unspecified atom stereocenters. The second-order valence-corrected chi connectivity index (χ2v) is 9.58. The number of rotatable bonds is 5. The van der Waals surface area contributed by atoms with E-state index in [0.717, 1.165) is 4.90 Å². The summed E-state index contributed by atoms with van der Waals surface area (Å²) in [5.41, 5.74) is -1.19. The number of amides is 1. The molecule has 0 bridgehead atoms. The van der Waals surface area contributed by atoms with Crippen LogP contribution < -0.4 is 0 Å². The van der Waals surface area contributed by atoms with Crippen LogP contribution in [-0.2, 0) is 21.2 Å². The van der Waals surface area contributed by atoms with E-state index >= 15 is 0 Å². The van der Waals surface area contributed by atoms with Crippen LogP contribution in [0.4, 0.5) is 13.2 Å². The average Bonchev–Trinajstić information content (AvgIpc) is 2.99. The lowest BCUT2D eigenvalue weighted by Crippen LogP contribution is -2.46. The van der Waals surface area contributed by atoms with Crippen molar-refractivity contribution in [2.75, 3.05) is 18.6 Å². The van der Waals surface area contributed by atoms with Crippen molar-refractivity contribution in [3.8, 4) is 0 Å². The van der Waals surface area contributed by atoms with Gasteiger partial charge in [0.2, 0.25) is 5.91 Å². The predicted molar refractivity (Wildman–Crippen MR) is 91.8 cm³/mol. The van der Waals surface area contributed by atoms with Gasteiger partial charge in [-0.2, -0.15) is 18.3 Å². The molecule has 1 aliphatic heterocycles. The molecule has 154 valence electrons. The van der Waals surface area contributed by atoms with Crippen LogP contribution in [0.15, 0.2) is 0 Å². The van der Waals surface area contributed by atoms with E-state index < -0.39 is 33.9 Å². The fraction of sp³-hybridized carbons (Fsp3) is 0.750. The molecule has 1 aromatic heterocycles. The third-order valence-corrected chi connectivity index (χ3v) is 6.71. The molecule has 0 aromatic carbocycles. The van der Waals surface area contributed by atoms with Crippen LogP contribution in [0.1, 0.15) is 42.8 Å². The minimum absolute atomic E-state index is 0.00236. The first kappa shape index (κ1) is 21.7. The Kier molecular flexibility index (Phi) is 5.69. The molecule has 1 amide bonds. The molecular formula is C16H24F3N3O4S. The summed E-state index contributed by atoms with van der Waals surface area (Å²) in [5, 5.41) is 13.9. The van der Waals surface area contributed by atoms with E-state index in [9.17, 15) is 31.5 Å². The van der Waals surface area contributed by atoms with E-state index in [4.69, 9.17) is 0 Å². The Labute approximate surface area is 156 Å². The highest BCUT2D eigenvalue weighted by atomic mass is 32.2. The zero-order valence-corrected chi connectivity index (χ0v) is 16.5. The molecule has 1 aliphatic rings. The fourth-order valence-electron chi connectivity index (χ4n) is 3.10. The number of carbonyl (C=O) groups is 1. The molecule has 1 saturated heterocycles. The van der Waals surface area contributed by atoms with Crippen molar-refractivity contribution in [2.45, 2.75) is 58.0 Å². The molecule has 2 rings (SSSR count). The van der Waals surface area contributed by atoms with E-state index in [-0.39, 0.29) is 24.1 Å². The largest absolute Gasteiger partial charge is 0.417 e. The van der Waals surface area contributed by atoms with Gasteiger partial charge in [-0.15, -0.1) is 0 Å². The van der Waals surface area contributed by atoms with Crippen molar-refractivity contribution < 1.29 is 31.5 Å². The molecule has 2 heterocycles. The van der Waals surface area contributed by atoms with Gasteiger partial charge in [0.25, 0.3) is 0 Å². The summed E-state index contributed by atoms with van der Waals surface area (Å²) in [6.07, 6.45) is -5.54. The minimum Gasteiger partial charge on any atom is -0.380 e. The summed E-state index contributed by atoms with van der Waals surface area (Å²) in [5.74, 6) is -0.763. The average molecular weight is 411 g/mol. The van der Waals surface area contributed by atoms with Crippen molar-refractivity contribution >= 4 is 15.7 Å². The molecule has 1 N–H and O–H groups in total. The number of sulfone groups is 1. The Morgan fingerprint density at radius 1 is 1.37 bits per heavy atom. The number of aryl methyl sites for hydroxylation is 1. The van der Waals surface area contributed by atoms with Crippen molar-refractivity contribution in [1.29, 1.82) is 0 Å². The quantitative estimate of drug-likeness (QED) is 0.793. The Bertz CT molecular complexity index is 831. The van der Waals surface area contributed by atoms with Crippen LogP contribution in [0.3, 0.4) is 0 Å². The van der Waals surface area contributed by atoms with Crippen LogP contribution in [0, 0.1) is 13.8 Å². The van der Waals surface area contributed by atoms with Crippen LogP contribution in [-0.4, -0.2) is 64.4 Å². The van der Waals surface area contributed by atoms with Crippen LogP contribution >= 0.6 is 0 Å². The monoisotopic (exact) mass is 411 g/mol. The third-order valence-electron chi connectivity index (χ3n) is 4.96. The van der Waals surface area contributed by atoms with Gasteiger partial charge >= 0.3 is 6.18 Å². The Morgan fingerprint density at radius 3 is 2.44 bits per heavy atom. The number of nitrogens with zero attached hydrogens (tertiary/aromatic N) is 3. The number of halogens is 3. The summed E-state index contributed by atoms with van der Waals surface area (Å²) in [6.45, 7) is 4.02. The third kappa shape index (κ3) is 4.63. The van der Waals surface area contributed by atoms with Crippen LogP contribution in [0.25, 0.3) is 0 Å². The summed E-state index contributed by atoms with van der Waals surface area (Å²) in [7, 11) is -1.74. The smallest absolute Gasteiger partial charge is 0.380 e. The van der Waals surface area contributed by atoms with Gasteiger partial charge in [0.15, 0.2) is 15.4 Å². The number of aromatic nitrogens is 2. The first-order valence-corrected chi connectivity index (χ1v) is 10.2. The summed E-state index contributed by atoms with van der Waals surface area (Å²) in [4.78, 5) is 13.2. The lowest BCUT2D eigenvalue weighted by atomic mass is 10.0. The first-order chi connectivity index (χ1) is 12.1. The Morgan fingerprint density at radius 2 is 1.96 bits per heavy atom. The van der Waals surface area contributed by atoms with Crippen molar-refractivity contribution in [3.05, 3.63) is 17.0 Å². The van der Waals surface area contributed by atoms with Crippen molar-refractivity contribution in [1.82, 2.24) is 14.7 Å². The maximum Gasteiger partial charge on any atom is 0.417 e. The van der Waals surface area contributed by atoms with Gasteiger partial charge in [0, 0.05) is 24.8 Å². The van der Waals surface area contributed by atoms with E-state index in [1.807, 2.05) is 0 Å². The number of carbonyl (C=O) groups excluding carboxylic acids is 1. The maximum atomic E-state index is 12.8. The highest BCUT2D eigenvalue weighted by Gasteiger charge is 2.51. The van der Waals surface area contributed by atoms with Gasteiger partial charge in [0.05, 0.1) is 29.7 Å². The molecule has 7 nitrogen and oxygen atoms in total. The Hall–Kier alpha value is -1.62. The van der Waals surface area contributed by atoms with E-state index in [2.05, 4.69) is 5.10 Å². The molecule has 2 atom stereocenters. The van der Waals surface area contributed by atoms with Gasteiger partial charge < -0.3 is 10.0 Å². The predicted octanol–water partition coefficient (Wildman–Crippen LogP) is 1.52. The fourth-order valence-corrected chi connectivity index (χ4v) is 4.80. The molecule has 1 fully saturated rings. The minimum atomic E-state index is -4.91. The second kappa shape index (κ2) is 7.08. The second-order valence-electron chi connectivity index (χ2n) is 7.35. The highest BCUT2D eigenvalue weighted by molar-refractivity contribution is 7.91. The molecule has 0 saturated carbocycles. The number of aliphatic hydroxyl groups is 1. The number of hydrogen-bond donors (Lipinski definition) is 1. The lowest BCUT2D eigenvalue weighted by Gasteiger charge is -2.28. The SMILES string of the molecule is Cc1nn([C@@H]2CCS(=O)(=O)C2)c(C)c1CN(C)C(=O)C[C@@](C)(O)C(F)(F)F. The summed E-state index contributed by atoms with van der Waals surface area (Å²) < 4.78 is 63.3. The van der Waals surface area contributed by atoms with Crippen LogP contribution in [0.2, 0.25) is 0 Å². The summed E-state index contributed by atoms with van der Waals surface area (Å²) in [6, 6.07) is -0.283. The van der Waals surface area contributed by atoms with Gasteiger partial charge in [-0.1, -0.05) is 0 Å². The van der Waals surface area contributed by atoms with Gasteiger partial charge in [-0.25, -0.2) is 8.42 Å². The van der Waals surface area contributed by atoms with Gasteiger partial charge in [-0.3, -0.25) is 9.48 Å². The van der Waals surface area contributed by atoms with Gasteiger partial charge in [-0.05, 0) is 27.2 Å².